The first kappa shape index (κ1) is 14.3. The molecule has 3 nitrogen and oxygen atoms in total. The van der Waals surface area contributed by atoms with Gasteiger partial charge >= 0.3 is 0 Å². The van der Waals surface area contributed by atoms with E-state index < -0.39 is 0 Å². The molecule has 0 unspecified atom stereocenters. The quantitative estimate of drug-likeness (QED) is 0.791. The van der Waals surface area contributed by atoms with Crippen LogP contribution >= 0.6 is 11.3 Å². The Morgan fingerprint density at radius 3 is 3.09 bits per heavy atom. The summed E-state index contributed by atoms with van der Waals surface area (Å²) in [5, 5.41) is 3.88. The van der Waals surface area contributed by atoms with Crippen LogP contribution in [0.5, 0.6) is 0 Å². The summed E-state index contributed by atoms with van der Waals surface area (Å²) in [6.07, 6.45) is 4.46. The predicted molar refractivity (Wildman–Crippen MR) is 88.7 cm³/mol. The van der Waals surface area contributed by atoms with Gasteiger partial charge in [-0.1, -0.05) is 6.07 Å². The molecule has 0 bridgehead atoms. The average molecular weight is 326 g/mol. The second-order valence-corrected chi connectivity index (χ2v) is 7.02. The highest BCUT2D eigenvalue weighted by atomic mass is 32.1. The van der Waals surface area contributed by atoms with Crippen LogP contribution in [0, 0.1) is 11.7 Å². The Balaban J connectivity index is 1.38. The molecule has 3 aromatic rings. The highest BCUT2D eigenvalue weighted by molar-refractivity contribution is 7.19. The highest BCUT2D eigenvalue weighted by Crippen LogP contribution is 2.47. The van der Waals surface area contributed by atoms with Gasteiger partial charge in [0.25, 0.3) is 0 Å². The summed E-state index contributed by atoms with van der Waals surface area (Å²) in [6, 6.07) is 10.6. The van der Waals surface area contributed by atoms with Crippen LogP contribution in [0.4, 0.5) is 4.39 Å². The van der Waals surface area contributed by atoms with E-state index in [0.717, 1.165) is 26.9 Å². The fourth-order valence-electron chi connectivity index (χ4n) is 2.91. The van der Waals surface area contributed by atoms with E-state index in [1.165, 1.54) is 12.1 Å². The van der Waals surface area contributed by atoms with Crippen LogP contribution in [0.25, 0.3) is 10.1 Å². The molecule has 5 heteroatoms. The Kier molecular flexibility index (Phi) is 3.58. The van der Waals surface area contributed by atoms with Gasteiger partial charge in [-0.3, -0.25) is 9.78 Å². The Morgan fingerprint density at radius 1 is 1.35 bits per heavy atom. The summed E-state index contributed by atoms with van der Waals surface area (Å²) < 4.78 is 14.2. The van der Waals surface area contributed by atoms with Crippen molar-refractivity contribution in [2.45, 2.75) is 18.9 Å². The molecule has 1 aliphatic rings. The molecule has 1 N–H and O–H groups in total. The second-order valence-electron chi connectivity index (χ2n) is 5.85. The van der Waals surface area contributed by atoms with E-state index in [9.17, 15) is 9.18 Å². The number of pyridine rings is 1. The number of fused-ring (bicyclic) bond motifs is 1. The van der Waals surface area contributed by atoms with Gasteiger partial charge in [-0.05, 0) is 53.6 Å². The van der Waals surface area contributed by atoms with Gasteiger partial charge < -0.3 is 5.32 Å². The third-order valence-corrected chi connectivity index (χ3v) is 5.32. The molecule has 0 saturated heterocycles. The van der Waals surface area contributed by atoms with Crippen molar-refractivity contribution in [1.82, 2.24) is 10.3 Å². The largest absolute Gasteiger partial charge is 0.351 e. The lowest BCUT2D eigenvalue weighted by Crippen LogP contribution is -2.24. The van der Waals surface area contributed by atoms with Crippen molar-refractivity contribution in [2.75, 3.05) is 0 Å². The molecule has 0 aliphatic heterocycles. The maximum atomic E-state index is 13.2. The van der Waals surface area contributed by atoms with Crippen LogP contribution < -0.4 is 5.32 Å². The monoisotopic (exact) mass is 326 g/mol. The summed E-state index contributed by atoms with van der Waals surface area (Å²) in [5.41, 5.74) is 1.13. The van der Waals surface area contributed by atoms with Crippen LogP contribution in [0.2, 0.25) is 0 Å². The molecule has 4 rings (SSSR count). The van der Waals surface area contributed by atoms with Crippen LogP contribution in [-0.2, 0) is 11.3 Å². The molecule has 2 heterocycles. The summed E-state index contributed by atoms with van der Waals surface area (Å²) in [5.74, 6) is 0.192. The van der Waals surface area contributed by atoms with Gasteiger partial charge in [-0.25, -0.2) is 4.39 Å². The number of nitrogens with one attached hydrogen (secondary N) is 1. The maximum absolute atomic E-state index is 13.2. The van der Waals surface area contributed by atoms with Crippen molar-refractivity contribution < 1.29 is 9.18 Å². The SMILES string of the molecule is O=C(NCc1cc2cc(F)ccc2s1)[C@H]1C[C@@H]1c1cccnc1. The van der Waals surface area contributed by atoms with Crippen molar-refractivity contribution in [3.63, 3.8) is 0 Å². The fourth-order valence-corrected chi connectivity index (χ4v) is 3.89. The molecule has 116 valence electrons. The van der Waals surface area contributed by atoms with E-state index in [-0.39, 0.29) is 17.6 Å². The fraction of sp³-hybridized carbons (Fsp3) is 0.222. The van der Waals surface area contributed by atoms with E-state index in [1.807, 2.05) is 24.4 Å². The lowest BCUT2D eigenvalue weighted by atomic mass is 10.1. The molecular formula is C18H15FN2OS. The van der Waals surface area contributed by atoms with Gasteiger partial charge in [-0.15, -0.1) is 11.3 Å². The Morgan fingerprint density at radius 2 is 2.26 bits per heavy atom. The number of benzene rings is 1. The summed E-state index contributed by atoms with van der Waals surface area (Å²) in [6.45, 7) is 0.496. The number of hydrogen-bond donors (Lipinski definition) is 1. The predicted octanol–water partition coefficient (Wildman–Crippen LogP) is 3.86. The Labute approximate surface area is 137 Å². The first-order valence-corrected chi connectivity index (χ1v) is 8.38. The topological polar surface area (TPSA) is 42.0 Å². The lowest BCUT2D eigenvalue weighted by molar-refractivity contribution is -0.122. The third kappa shape index (κ3) is 2.97. The molecule has 1 aliphatic carbocycles. The van der Waals surface area contributed by atoms with E-state index in [4.69, 9.17) is 0 Å². The third-order valence-electron chi connectivity index (χ3n) is 4.21. The number of aromatic nitrogens is 1. The summed E-state index contributed by atoms with van der Waals surface area (Å²) in [7, 11) is 0. The molecule has 1 saturated carbocycles. The van der Waals surface area contributed by atoms with E-state index in [0.29, 0.717) is 12.5 Å². The van der Waals surface area contributed by atoms with E-state index >= 15 is 0 Å². The van der Waals surface area contributed by atoms with Gasteiger partial charge in [0.2, 0.25) is 5.91 Å². The van der Waals surface area contributed by atoms with Crippen molar-refractivity contribution in [2.24, 2.45) is 5.92 Å². The van der Waals surface area contributed by atoms with Crippen molar-refractivity contribution in [3.8, 4) is 0 Å². The molecule has 2 aromatic heterocycles. The normalized spacial score (nSPS) is 19.7. The number of amides is 1. The molecule has 1 amide bonds. The number of halogens is 1. The number of carbonyl (C=O) groups excluding carboxylic acids is 1. The molecule has 23 heavy (non-hydrogen) atoms. The first-order chi connectivity index (χ1) is 11.2. The van der Waals surface area contributed by atoms with Gasteiger partial charge in [0.1, 0.15) is 5.82 Å². The number of hydrogen-bond acceptors (Lipinski definition) is 3. The first-order valence-electron chi connectivity index (χ1n) is 7.56. The van der Waals surface area contributed by atoms with Gasteiger partial charge in [0, 0.05) is 27.9 Å². The number of carbonyl (C=O) groups is 1. The lowest BCUT2D eigenvalue weighted by Gasteiger charge is -2.03. The van der Waals surface area contributed by atoms with Crippen LogP contribution in [0.15, 0.2) is 48.8 Å². The van der Waals surface area contributed by atoms with Crippen LogP contribution in [0.3, 0.4) is 0 Å². The highest BCUT2D eigenvalue weighted by Gasteiger charge is 2.43. The minimum atomic E-state index is -0.233. The zero-order valence-corrected chi connectivity index (χ0v) is 13.1. The van der Waals surface area contributed by atoms with Crippen molar-refractivity contribution >= 4 is 27.3 Å². The van der Waals surface area contributed by atoms with Crippen LogP contribution in [0.1, 0.15) is 22.8 Å². The second kappa shape index (κ2) is 5.74. The van der Waals surface area contributed by atoms with Gasteiger partial charge in [-0.2, -0.15) is 0 Å². The molecule has 0 spiro atoms. The van der Waals surface area contributed by atoms with Crippen molar-refractivity contribution in [1.29, 1.82) is 0 Å². The molecule has 1 fully saturated rings. The van der Waals surface area contributed by atoms with Gasteiger partial charge in [0.05, 0.1) is 6.54 Å². The molecule has 0 radical (unpaired) electrons. The molecule has 2 atom stereocenters. The summed E-state index contributed by atoms with van der Waals surface area (Å²) in [4.78, 5) is 17.4. The van der Waals surface area contributed by atoms with Crippen molar-refractivity contribution in [3.05, 3.63) is 65.0 Å². The van der Waals surface area contributed by atoms with Gasteiger partial charge in [0.15, 0.2) is 0 Å². The Hall–Kier alpha value is -2.27. The minimum Gasteiger partial charge on any atom is -0.351 e. The standard InChI is InChI=1S/C18H15FN2OS/c19-13-3-4-17-12(6-13)7-14(23-17)10-21-18(22)16-8-15(16)11-2-1-5-20-9-11/h1-7,9,15-16H,8,10H2,(H,21,22)/t15-,16+/m1/s1. The zero-order chi connectivity index (χ0) is 15.8. The number of nitrogens with zero attached hydrogens (tertiary/aromatic N) is 1. The Bertz CT molecular complexity index is 862. The van der Waals surface area contributed by atoms with E-state index in [1.54, 1.807) is 23.6 Å². The molecular weight excluding hydrogens is 311 g/mol. The number of thiophene rings is 1. The smallest absolute Gasteiger partial charge is 0.224 e. The van der Waals surface area contributed by atoms with Crippen LogP contribution in [-0.4, -0.2) is 10.9 Å². The average Bonchev–Trinajstić information content (AvgIpc) is 3.27. The summed E-state index contributed by atoms with van der Waals surface area (Å²) >= 11 is 1.59. The molecule has 1 aromatic carbocycles. The minimum absolute atomic E-state index is 0.0472. The van der Waals surface area contributed by atoms with E-state index in [2.05, 4.69) is 10.3 Å². The number of rotatable bonds is 4. The maximum Gasteiger partial charge on any atom is 0.224 e. The zero-order valence-electron chi connectivity index (χ0n) is 12.3.